The fraction of sp³-hybridized carbons (Fsp3) is 0.250. The zero-order valence-electron chi connectivity index (χ0n) is 9.26. The summed E-state index contributed by atoms with van der Waals surface area (Å²) in [6.07, 6.45) is 0. The van der Waals surface area contributed by atoms with Gasteiger partial charge < -0.3 is 4.84 Å². The first-order valence-electron chi connectivity index (χ1n) is 4.71. The summed E-state index contributed by atoms with van der Waals surface area (Å²) in [5, 5.41) is 0. The summed E-state index contributed by atoms with van der Waals surface area (Å²) in [6.45, 7) is 9.06. The Hall–Kier alpha value is -1.77. The second kappa shape index (κ2) is 4.64. The first-order chi connectivity index (χ1) is 7.02. The number of hydrogen-bond donors (Lipinski definition) is 1. The Balaban J connectivity index is 2.70. The maximum Gasteiger partial charge on any atom is 0.357 e. The van der Waals surface area contributed by atoms with Crippen LogP contribution < -0.4 is 5.48 Å². The van der Waals surface area contributed by atoms with Gasteiger partial charge in [0.05, 0.1) is 5.69 Å². The maximum atomic E-state index is 11.1. The zero-order chi connectivity index (χ0) is 11.4. The van der Waals surface area contributed by atoms with Crippen LogP contribution in [0.5, 0.6) is 0 Å². The molecule has 0 bridgehead atoms. The molecule has 0 heterocycles. The van der Waals surface area contributed by atoms with Crippen molar-refractivity contribution in [3.8, 4) is 0 Å². The van der Waals surface area contributed by atoms with Crippen LogP contribution in [0.4, 0.5) is 5.69 Å². The molecular weight excluding hydrogens is 190 g/mol. The highest BCUT2D eigenvalue weighted by atomic mass is 16.7. The van der Waals surface area contributed by atoms with Crippen molar-refractivity contribution in [1.29, 1.82) is 0 Å². The van der Waals surface area contributed by atoms with Gasteiger partial charge in [-0.15, -0.1) is 0 Å². The summed E-state index contributed by atoms with van der Waals surface area (Å²) < 4.78 is 0. The fourth-order valence-electron chi connectivity index (χ4n) is 1.05. The van der Waals surface area contributed by atoms with Gasteiger partial charge in [-0.1, -0.05) is 18.7 Å². The molecular formula is C12H15NO2. The summed E-state index contributed by atoms with van der Waals surface area (Å²) >= 11 is 0. The van der Waals surface area contributed by atoms with E-state index in [1.54, 1.807) is 6.92 Å². The Labute approximate surface area is 89.7 Å². The topological polar surface area (TPSA) is 38.3 Å². The molecule has 15 heavy (non-hydrogen) atoms. The van der Waals surface area contributed by atoms with Crippen molar-refractivity contribution in [2.75, 3.05) is 5.48 Å². The fourth-order valence-corrected chi connectivity index (χ4v) is 1.05. The third kappa shape index (κ3) is 2.84. The lowest BCUT2D eigenvalue weighted by molar-refractivity contribution is -0.136. The Morgan fingerprint density at radius 2 is 2.07 bits per heavy atom. The van der Waals surface area contributed by atoms with Gasteiger partial charge in [0.2, 0.25) is 0 Å². The van der Waals surface area contributed by atoms with Gasteiger partial charge in [0, 0.05) is 5.57 Å². The molecule has 0 spiro atoms. The number of rotatable bonds is 3. The third-order valence-corrected chi connectivity index (χ3v) is 2.21. The predicted molar refractivity (Wildman–Crippen MR) is 60.4 cm³/mol. The van der Waals surface area contributed by atoms with E-state index in [9.17, 15) is 4.79 Å². The van der Waals surface area contributed by atoms with Gasteiger partial charge in [-0.2, -0.15) is 0 Å². The number of nitrogens with one attached hydrogen (secondary N) is 1. The lowest BCUT2D eigenvalue weighted by atomic mass is 10.1. The highest BCUT2D eigenvalue weighted by molar-refractivity contribution is 5.87. The average Bonchev–Trinajstić information content (AvgIpc) is 2.19. The van der Waals surface area contributed by atoms with E-state index in [0.717, 1.165) is 16.8 Å². The molecule has 1 N–H and O–H groups in total. The minimum Gasteiger partial charge on any atom is -0.338 e. The van der Waals surface area contributed by atoms with Gasteiger partial charge in [0.15, 0.2) is 0 Å². The second-order valence-electron chi connectivity index (χ2n) is 3.52. The van der Waals surface area contributed by atoms with E-state index in [4.69, 9.17) is 4.84 Å². The molecule has 0 radical (unpaired) electrons. The molecule has 0 atom stereocenters. The summed E-state index contributed by atoms with van der Waals surface area (Å²) in [6, 6.07) is 5.76. The monoisotopic (exact) mass is 205 g/mol. The number of hydrogen-bond acceptors (Lipinski definition) is 3. The molecule has 0 aliphatic rings. The van der Waals surface area contributed by atoms with Crippen molar-refractivity contribution in [3.63, 3.8) is 0 Å². The molecule has 0 aliphatic carbocycles. The van der Waals surface area contributed by atoms with Gasteiger partial charge in [0.25, 0.3) is 0 Å². The van der Waals surface area contributed by atoms with E-state index < -0.39 is 5.97 Å². The van der Waals surface area contributed by atoms with E-state index in [0.29, 0.717) is 5.57 Å². The Morgan fingerprint density at radius 1 is 1.40 bits per heavy atom. The molecule has 0 fully saturated rings. The molecule has 80 valence electrons. The van der Waals surface area contributed by atoms with E-state index in [1.165, 1.54) is 0 Å². The number of aryl methyl sites for hydroxylation is 1. The molecule has 3 heteroatoms. The van der Waals surface area contributed by atoms with E-state index in [2.05, 4.69) is 12.1 Å². The lowest BCUT2D eigenvalue weighted by Crippen LogP contribution is -2.11. The Morgan fingerprint density at radius 3 is 2.67 bits per heavy atom. The van der Waals surface area contributed by atoms with Crippen molar-refractivity contribution in [2.24, 2.45) is 0 Å². The van der Waals surface area contributed by atoms with Gasteiger partial charge in [-0.25, -0.2) is 10.3 Å². The molecule has 1 rings (SSSR count). The zero-order valence-corrected chi connectivity index (χ0v) is 9.26. The highest BCUT2D eigenvalue weighted by Gasteiger charge is 2.05. The third-order valence-electron chi connectivity index (χ3n) is 2.21. The first kappa shape index (κ1) is 11.3. The van der Waals surface area contributed by atoms with Crippen molar-refractivity contribution in [3.05, 3.63) is 41.5 Å². The maximum absolute atomic E-state index is 11.1. The van der Waals surface area contributed by atoms with Crippen LogP contribution in [-0.2, 0) is 9.63 Å². The molecule has 1 aromatic carbocycles. The van der Waals surface area contributed by atoms with Crippen LogP contribution in [-0.4, -0.2) is 5.97 Å². The molecule has 0 unspecified atom stereocenters. The smallest absolute Gasteiger partial charge is 0.338 e. The first-order valence-corrected chi connectivity index (χ1v) is 4.71. The number of carbonyl (C=O) groups is 1. The van der Waals surface area contributed by atoms with Crippen molar-refractivity contribution >= 4 is 11.7 Å². The minimum absolute atomic E-state index is 0.368. The predicted octanol–water partition coefficient (Wildman–Crippen LogP) is 2.75. The summed E-state index contributed by atoms with van der Waals surface area (Å²) in [5.41, 5.74) is 6.00. The van der Waals surface area contributed by atoms with Gasteiger partial charge in [-0.3, -0.25) is 0 Å². The molecule has 1 aromatic rings. The van der Waals surface area contributed by atoms with Crippen LogP contribution in [0.15, 0.2) is 30.4 Å². The second-order valence-corrected chi connectivity index (χ2v) is 3.52. The van der Waals surface area contributed by atoms with Gasteiger partial charge >= 0.3 is 5.97 Å². The molecule has 3 nitrogen and oxygen atoms in total. The van der Waals surface area contributed by atoms with Crippen molar-refractivity contribution in [2.45, 2.75) is 20.8 Å². The van der Waals surface area contributed by atoms with Crippen molar-refractivity contribution in [1.82, 2.24) is 0 Å². The SMILES string of the molecule is C=C(C)C(=O)ONc1cccc(C)c1C. The normalized spacial score (nSPS) is 9.53. The molecule has 0 saturated carbocycles. The average molecular weight is 205 g/mol. The quantitative estimate of drug-likeness (QED) is 0.609. The molecule has 0 aromatic heterocycles. The van der Waals surface area contributed by atoms with Gasteiger partial charge in [-0.05, 0) is 38.0 Å². The van der Waals surface area contributed by atoms with Gasteiger partial charge in [0.1, 0.15) is 0 Å². The summed E-state index contributed by atoms with van der Waals surface area (Å²) in [5.74, 6) is -0.448. The Bertz CT molecular complexity index is 397. The summed E-state index contributed by atoms with van der Waals surface area (Å²) in [4.78, 5) is 16.0. The van der Waals surface area contributed by atoms with Crippen LogP contribution in [0.1, 0.15) is 18.1 Å². The largest absolute Gasteiger partial charge is 0.357 e. The van der Waals surface area contributed by atoms with E-state index >= 15 is 0 Å². The minimum atomic E-state index is -0.448. The van der Waals surface area contributed by atoms with Crippen LogP contribution in [0, 0.1) is 13.8 Å². The lowest BCUT2D eigenvalue weighted by Gasteiger charge is -2.10. The molecule has 0 aliphatic heterocycles. The van der Waals surface area contributed by atoms with Crippen LogP contribution in [0.3, 0.4) is 0 Å². The molecule has 0 amide bonds. The van der Waals surface area contributed by atoms with Crippen molar-refractivity contribution < 1.29 is 9.63 Å². The number of carbonyl (C=O) groups excluding carboxylic acids is 1. The van der Waals surface area contributed by atoms with E-state index in [-0.39, 0.29) is 0 Å². The highest BCUT2D eigenvalue weighted by Crippen LogP contribution is 2.17. The number of benzene rings is 1. The summed E-state index contributed by atoms with van der Waals surface area (Å²) in [7, 11) is 0. The van der Waals surface area contributed by atoms with E-state index in [1.807, 2.05) is 32.0 Å². The van der Waals surface area contributed by atoms with Crippen LogP contribution >= 0.6 is 0 Å². The Kier molecular flexibility index (Phi) is 3.50. The van der Waals surface area contributed by atoms with Crippen LogP contribution in [0.25, 0.3) is 0 Å². The number of anilines is 1. The molecule has 0 saturated heterocycles. The van der Waals surface area contributed by atoms with Crippen LogP contribution in [0.2, 0.25) is 0 Å². The standard InChI is InChI=1S/C12H15NO2/c1-8(2)12(14)15-13-11-7-5-6-9(3)10(11)4/h5-7,13H,1H2,2-4H3.